The van der Waals surface area contributed by atoms with Crippen LogP contribution in [0.15, 0.2) is 40.4 Å². The van der Waals surface area contributed by atoms with Crippen LogP contribution in [-0.4, -0.2) is 16.4 Å². The monoisotopic (exact) mass is 351 g/mol. The molecule has 104 valence electrons. The third-order valence-electron chi connectivity index (χ3n) is 2.90. The number of thiazole rings is 1. The Hall–Kier alpha value is -1.37. The van der Waals surface area contributed by atoms with Crippen LogP contribution in [-0.2, 0) is 13.2 Å². The lowest BCUT2D eigenvalue weighted by atomic mass is 10.2. The Morgan fingerprint density at radius 1 is 1.45 bits per heavy atom. The van der Waals surface area contributed by atoms with Crippen molar-refractivity contribution in [1.29, 1.82) is 0 Å². The SMILES string of the molecule is CNCc1ccc(OCc2cn3ccsc3n2)c(Br)c1. The highest BCUT2D eigenvalue weighted by Crippen LogP contribution is 2.27. The van der Waals surface area contributed by atoms with E-state index in [0.29, 0.717) is 6.61 Å². The number of hydrogen-bond acceptors (Lipinski definition) is 4. The molecule has 0 amide bonds. The smallest absolute Gasteiger partial charge is 0.193 e. The standard InChI is InChI=1S/C14H14BrN3OS/c1-16-7-10-2-3-13(12(15)6-10)19-9-11-8-18-4-5-20-14(18)17-11/h2-6,8,16H,7,9H2,1H3. The van der Waals surface area contributed by atoms with Crippen molar-refractivity contribution in [1.82, 2.24) is 14.7 Å². The first-order chi connectivity index (χ1) is 9.76. The number of nitrogens with zero attached hydrogens (tertiary/aromatic N) is 2. The summed E-state index contributed by atoms with van der Waals surface area (Å²) in [6, 6.07) is 6.11. The summed E-state index contributed by atoms with van der Waals surface area (Å²) in [6.07, 6.45) is 3.99. The third-order valence-corrected chi connectivity index (χ3v) is 4.29. The van der Waals surface area contributed by atoms with E-state index in [9.17, 15) is 0 Å². The molecule has 0 aliphatic heterocycles. The molecule has 2 heterocycles. The average molecular weight is 352 g/mol. The molecule has 0 saturated heterocycles. The molecule has 3 aromatic rings. The molecule has 0 unspecified atom stereocenters. The minimum Gasteiger partial charge on any atom is -0.486 e. The van der Waals surface area contributed by atoms with Gasteiger partial charge in [0.05, 0.1) is 10.2 Å². The zero-order chi connectivity index (χ0) is 13.9. The maximum absolute atomic E-state index is 5.82. The highest BCUT2D eigenvalue weighted by molar-refractivity contribution is 9.10. The minimum absolute atomic E-state index is 0.471. The van der Waals surface area contributed by atoms with Crippen LogP contribution in [0.25, 0.3) is 4.96 Å². The molecule has 0 aliphatic rings. The normalized spacial score (nSPS) is 11.1. The number of benzene rings is 1. The fourth-order valence-corrected chi connectivity index (χ4v) is 3.23. The molecule has 0 fully saturated rings. The van der Waals surface area contributed by atoms with E-state index in [4.69, 9.17) is 4.74 Å². The number of ether oxygens (including phenoxy) is 1. The van der Waals surface area contributed by atoms with Crippen molar-refractivity contribution in [2.24, 2.45) is 0 Å². The number of aromatic nitrogens is 2. The summed E-state index contributed by atoms with van der Waals surface area (Å²) in [5.41, 5.74) is 2.15. The number of fused-ring (bicyclic) bond motifs is 1. The van der Waals surface area contributed by atoms with Crippen LogP contribution in [0.3, 0.4) is 0 Å². The number of imidazole rings is 1. The van der Waals surface area contributed by atoms with Crippen LogP contribution < -0.4 is 10.1 Å². The highest BCUT2D eigenvalue weighted by Gasteiger charge is 2.06. The van der Waals surface area contributed by atoms with Gasteiger partial charge in [-0.2, -0.15) is 0 Å². The number of halogens is 1. The second-order valence-electron chi connectivity index (χ2n) is 4.41. The van der Waals surface area contributed by atoms with Crippen molar-refractivity contribution in [2.75, 3.05) is 7.05 Å². The Morgan fingerprint density at radius 3 is 3.10 bits per heavy atom. The first-order valence-electron chi connectivity index (χ1n) is 6.23. The van der Waals surface area contributed by atoms with E-state index in [1.54, 1.807) is 11.3 Å². The van der Waals surface area contributed by atoms with Crippen LogP contribution in [0, 0.1) is 0 Å². The summed E-state index contributed by atoms with van der Waals surface area (Å²) in [7, 11) is 1.93. The second kappa shape index (κ2) is 5.95. The number of rotatable bonds is 5. The van der Waals surface area contributed by atoms with Gasteiger partial charge in [-0.25, -0.2) is 4.98 Å². The maximum Gasteiger partial charge on any atom is 0.193 e. The Kier molecular flexibility index (Phi) is 4.05. The Bertz CT molecular complexity index is 694. The summed E-state index contributed by atoms with van der Waals surface area (Å²) in [4.78, 5) is 5.49. The van der Waals surface area contributed by atoms with Gasteiger partial charge < -0.3 is 10.1 Å². The largest absolute Gasteiger partial charge is 0.486 e. The molecule has 0 radical (unpaired) electrons. The Morgan fingerprint density at radius 2 is 2.35 bits per heavy atom. The summed E-state index contributed by atoms with van der Waals surface area (Å²) >= 11 is 5.16. The quantitative estimate of drug-likeness (QED) is 0.764. The van der Waals surface area contributed by atoms with Crippen LogP contribution in [0.5, 0.6) is 5.75 Å². The molecular formula is C14H14BrN3OS. The van der Waals surface area contributed by atoms with E-state index in [0.717, 1.165) is 27.4 Å². The summed E-state index contributed by atoms with van der Waals surface area (Å²) in [6.45, 7) is 1.31. The van der Waals surface area contributed by atoms with E-state index in [1.807, 2.05) is 35.3 Å². The van der Waals surface area contributed by atoms with Gasteiger partial charge in [-0.1, -0.05) is 6.07 Å². The van der Waals surface area contributed by atoms with Gasteiger partial charge in [-0.15, -0.1) is 11.3 Å². The van der Waals surface area contributed by atoms with Gasteiger partial charge in [0.25, 0.3) is 0 Å². The van der Waals surface area contributed by atoms with Gasteiger partial charge >= 0.3 is 0 Å². The van der Waals surface area contributed by atoms with Gasteiger partial charge in [0.2, 0.25) is 0 Å². The molecule has 0 bridgehead atoms. The molecule has 6 heteroatoms. The molecule has 0 saturated carbocycles. The van der Waals surface area contributed by atoms with Crippen molar-refractivity contribution in [3.05, 3.63) is 51.7 Å². The molecule has 2 aromatic heterocycles. The fourth-order valence-electron chi connectivity index (χ4n) is 1.97. The highest BCUT2D eigenvalue weighted by atomic mass is 79.9. The molecule has 1 aromatic carbocycles. The molecule has 3 rings (SSSR count). The second-order valence-corrected chi connectivity index (χ2v) is 6.14. The summed E-state index contributed by atoms with van der Waals surface area (Å²) < 4.78 is 8.79. The van der Waals surface area contributed by atoms with Crippen LogP contribution in [0.4, 0.5) is 0 Å². The van der Waals surface area contributed by atoms with Gasteiger partial charge in [0.15, 0.2) is 4.96 Å². The number of nitrogens with one attached hydrogen (secondary N) is 1. The van der Waals surface area contributed by atoms with Crippen LogP contribution >= 0.6 is 27.3 Å². The summed E-state index contributed by atoms with van der Waals surface area (Å²) in [5, 5.41) is 5.15. The summed E-state index contributed by atoms with van der Waals surface area (Å²) in [5.74, 6) is 0.834. The van der Waals surface area contributed by atoms with Crippen LogP contribution in [0.1, 0.15) is 11.3 Å². The van der Waals surface area contributed by atoms with Gasteiger partial charge in [-0.05, 0) is 40.7 Å². The fraction of sp³-hybridized carbons (Fsp3) is 0.214. The molecule has 20 heavy (non-hydrogen) atoms. The average Bonchev–Trinajstić information content (AvgIpc) is 2.99. The lowest BCUT2D eigenvalue weighted by molar-refractivity contribution is 0.300. The topological polar surface area (TPSA) is 38.6 Å². The molecule has 1 N–H and O–H groups in total. The zero-order valence-electron chi connectivity index (χ0n) is 11.0. The van der Waals surface area contributed by atoms with Crippen molar-refractivity contribution in [3.63, 3.8) is 0 Å². The molecule has 4 nitrogen and oxygen atoms in total. The van der Waals surface area contributed by atoms with Gasteiger partial charge in [-0.3, -0.25) is 4.40 Å². The zero-order valence-corrected chi connectivity index (χ0v) is 13.4. The predicted octanol–water partition coefficient (Wildman–Crippen LogP) is 3.46. The predicted molar refractivity (Wildman–Crippen MR) is 84.3 cm³/mol. The Labute approximate surface area is 129 Å². The van der Waals surface area contributed by atoms with Crippen molar-refractivity contribution in [2.45, 2.75) is 13.2 Å². The lowest BCUT2D eigenvalue weighted by Crippen LogP contribution is -2.05. The van der Waals surface area contributed by atoms with E-state index in [2.05, 4.69) is 38.4 Å². The first-order valence-corrected chi connectivity index (χ1v) is 7.90. The van der Waals surface area contributed by atoms with Gasteiger partial charge in [0, 0.05) is 24.3 Å². The van der Waals surface area contributed by atoms with E-state index in [-0.39, 0.29) is 0 Å². The number of hydrogen-bond donors (Lipinski definition) is 1. The lowest BCUT2D eigenvalue weighted by Gasteiger charge is -2.08. The van der Waals surface area contributed by atoms with Crippen molar-refractivity contribution >= 4 is 32.2 Å². The van der Waals surface area contributed by atoms with E-state index >= 15 is 0 Å². The molecule has 0 spiro atoms. The van der Waals surface area contributed by atoms with E-state index < -0.39 is 0 Å². The molecule has 0 atom stereocenters. The first kappa shape index (κ1) is 13.6. The Balaban J connectivity index is 1.70. The van der Waals surface area contributed by atoms with Gasteiger partial charge in [0.1, 0.15) is 12.4 Å². The molecule has 0 aliphatic carbocycles. The van der Waals surface area contributed by atoms with E-state index in [1.165, 1.54) is 5.56 Å². The van der Waals surface area contributed by atoms with Crippen LogP contribution in [0.2, 0.25) is 0 Å². The van der Waals surface area contributed by atoms with Crippen molar-refractivity contribution < 1.29 is 4.74 Å². The molecular weight excluding hydrogens is 338 g/mol. The van der Waals surface area contributed by atoms with Crippen molar-refractivity contribution in [3.8, 4) is 5.75 Å². The third kappa shape index (κ3) is 2.87. The minimum atomic E-state index is 0.471. The maximum atomic E-state index is 5.82.